The molecule has 0 radical (unpaired) electrons. The van der Waals surface area contributed by atoms with Crippen molar-refractivity contribution in [3.05, 3.63) is 23.5 Å². The van der Waals surface area contributed by atoms with Gasteiger partial charge in [0, 0.05) is 0 Å². The van der Waals surface area contributed by atoms with E-state index in [9.17, 15) is 0 Å². The molecule has 0 unspecified atom stereocenters. The van der Waals surface area contributed by atoms with Gasteiger partial charge in [-0.1, -0.05) is 83.6 Å². The third-order valence-electron chi connectivity index (χ3n) is 6.16. The highest BCUT2D eigenvalue weighted by Gasteiger charge is 2.39. The fourth-order valence-electron chi connectivity index (χ4n) is 5.22. The van der Waals surface area contributed by atoms with Gasteiger partial charge in [0.25, 0.3) is 0 Å². The van der Waals surface area contributed by atoms with Crippen LogP contribution in [0, 0.1) is 5.41 Å². The van der Waals surface area contributed by atoms with Gasteiger partial charge in [0.05, 0.1) is 5.76 Å². The molecule has 3 aliphatic carbocycles. The Hall–Kier alpha value is -0.655. The quantitative estimate of drug-likeness (QED) is 0.511. The minimum Gasteiger partial charge on any atom is -0.560 e. The number of rotatable bonds is 4. The molecule has 3 aliphatic rings. The van der Waals surface area contributed by atoms with Crippen LogP contribution in [0.1, 0.15) is 91.4 Å². The Bertz CT molecular complexity index is 432. The fraction of sp³-hybridized carbons (Fsp3) is 0.810. The summed E-state index contributed by atoms with van der Waals surface area (Å²) in [6.45, 7) is 7.40. The summed E-state index contributed by atoms with van der Waals surface area (Å²) in [7, 11) is 0. The monoisotopic (exact) mass is 314 g/mol. The largest absolute Gasteiger partial charge is 0.560 e. The zero-order valence-corrected chi connectivity index (χ0v) is 15.6. The first-order chi connectivity index (χ1) is 11.0. The molecule has 0 amide bonds. The standard InChI is InChI=1S/C21H35BO/c1-17-14-20(16-21(2,3)15-17)23-22(18-10-6-4-7-11-18)19-12-8-5-9-13-19/h14,16,18-19H,4-13,15H2,1-3H3. The van der Waals surface area contributed by atoms with Crippen LogP contribution in [0.4, 0.5) is 0 Å². The van der Waals surface area contributed by atoms with E-state index in [0.29, 0.717) is 6.92 Å². The van der Waals surface area contributed by atoms with E-state index < -0.39 is 0 Å². The van der Waals surface area contributed by atoms with Crippen LogP contribution >= 0.6 is 0 Å². The Morgan fingerprint density at radius 3 is 1.91 bits per heavy atom. The topological polar surface area (TPSA) is 9.23 Å². The number of hydrogen-bond acceptors (Lipinski definition) is 1. The molecular formula is C21H35BO. The van der Waals surface area contributed by atoms with Crippen molar-refractivity contribution in [1.82, 2.24) is 0 Å². The van der Waals surface area contributed by atoms with E-state index >= 15 is 0 Å². The van der Waals surface area contributed by atoms with E-state index in [1.807, 2.05) is 0 Å². The molecule has 0 heterocycles. The average Bonchev–Trinajstić information content (AvgIpc) is 2.52. The molecule has 0 aromatic rings. The van der Waals surface area contributed by atoms with E-state index in [-0.39, 0.29) is 5.41 Å². The van der Waals surface area contributed by atoms with E-state index in [4.69, 9.17) is 4.65 Å². The Kier molecular flexibility index (Phi) is 5.59. The molecule has 0 atom stereocenters. The molecule has 0 bridgehead atoms. The van der Waals surface area contributed by atoms with Gasteiger partial charge in [0.2, 0.25) is 0 Å². The zero-order chi connectivity index (χ0) is 16.3. The van der Waals surface area contributed by atoms with Crippen LogP contribution in [0.3, 0.4) is 0 Å². The van der Waals surface area contributed by atoms with Gasteiger partial charge in [-0.25, -0.2) is 0 Å². The molecule has 0 N–H and O–H groups in total. The lowest BCUT2D eigenvalue weighted by Gasteiger charge is -2.36. The minimum absolute atomic E-state index is 0.248. The van der Waals surface area contributed by atoms with Crippen molar-refractivity contribution in [2.45, 2.75) is 103 Å². The summed E-state index contributed by atoms with van der Waals surface area (Å²) in [5.74, 6) is 2.76. The maximum atomic E-state index is 6.76. The second-order valence-electron chi connectivity index (χ2n) is 9.08. The normalized spacial score (nSPS) is 26.4. The van der Waals surface area contributed by atoms with Crippen molar-refractivity contribution < 1.29 is 4.65 Å². The summed E-state index contributed by atoms with van der Waals surface area (Å²) in [6.07, 6.45) is 19.9. The molecule has 0 saturated heterocycles. The smallest absolute Gasteiger partial charge is 0.363 e. The third-order valence-corrected chi connectivity index (χ3v) is 6.16. The molecule has 128 valence electrons. The van der Waals surface area contributed by atoms with Gasteiger partial charge >= 0.3 is 6.92 Å². The molecule has 0 aliphatic heterocycles. The van der Waals surface area contributed by atoms with Crippen LogP contribution in [0.15, 0.2) is 23.5 Å². The predicted octanol–water partition coefficient (Wildman–Crippen LogP) is 6.92. The summed E-state index contributed by atoms with van der Waals surface area (Å²) in [6, 6.07) is 0. The average molecular weight is 314 g/mol. The summed E-state index contributed by atoms with van der Waals surface area (Å²) in [4.78, 5) is 0. The molecular weight excluding hydrogens is 279 g/mol. The van der Waals surface area contributed by atoms with Crippen LogP contribution in [-0.4, -0.2) is 6.92 Å². The number of allylic oxidation sites excluding steroid dienone is 3. The predicted molar refractivity (Wildman–Crippen MR) is 101 cm³/mol. The second-order valence-corrected chi connectivity index (χ2v) is 9.08. The lowest BCUT2D eigenvalue weighted by Crippen LogP contribution is -2.33. The summed E-state index contributed by atoms with van der Waals surface area (Å²) < 4.78 is 6.76. The highest BCUT2D eigenvalue weighted by Crippen LogP contribution is 2.43. The summed E-state index contributed by atoms with van der Waals surface area (Å²) in [5.41, 5.74) is 1.72. The van der Waals surface area contributed by atoms with Gasteiger partial charge in [0.15, 0.2) is 0 Å². The van der Waals surface area contributed by atoms with Crippen LogP contribution < -0.4 is 0 Å². The summed E-state index contributed by atoms with van der Waals surface area (Å²) in [5, 5.41) is 0. The lowest BCUT2D eigenvalue weighted by atomic mass is 9.41. The Labute approximate surface area is 144 Å². The van der Waals surface area contributed by atoms with Crippen LogP contribution in [0.25, 0.3) is 0 Å². The summed E-state index contributed by atoms with van der Waals surface area (Å²) >= 11 is 0. The van der Waals surface area contributed by atoms with E-state index in [1.165, 1.54) is 75.5 Å². The van der Waals surface area contributed by atoms with Gasteiger partial charge in [-0.15, -0.1) is 0 Å². The van der Waals surface area contributed by atoms with Crippen LogP contribution in [-0.2, 0) is 4.65 Å². The SMILES string of the molecule is CC1=CC(OB(C2CCCCC2)C2CCCCC2)=CC(C)(C)C1. The first-order valence-corrected chi connectivity index (χ1v) is 10.1. The van der Waals surface area contributed by atoms with Gasteiger partial charge in [0.1, 0.15) is 0 Å². The minimum atomic E-state index is 0.248. The molecule has 0 aromatic carbocycles. The first kappa shape index (κ1) is 17.2. The van der Waals surface area contributed by atoms with Gasteiger partial charge in [-0.05, 0) is 42.5 Å². The maximum absolute atomic E-state index is 6.76. The third kappa shape index (κ3) is 4.67. The maximum Gasteiger partial charge on any atom is 0.363 e. The number of hydrogen-bond donors (Lipinski definition) is 0. The van der Waals surface area contributed by atoms with Gasteiger partial charge < -0.3 is 4.65 Å². The Morgan fingerprint density at radius 1 is 0.913 bits per heavy atom. The Balaban J connectivity index is 1.76. The van der Waals surface area contributed by atoms with Crippen molar-refractivity contribution in [3.63, 3.8) is 0 Å². The van der Waals surface area contributed by atoms with E-state index in [0.717, 1.165) is 18.1 Å². The Morgan fingerprint density at radius 2 is 1.43 bits per heavy atom. The van der Waals surface area contributed by atoms with E-state index in [2.05, 4.69) is 32.9 Å². The molecule has 2 heteroatoms. The van der Waals surface area contributed by atoms with Gasteiger partial charge in [-0.3, -0.25) is 0 Å². The lowest BCUT2D eigenvalue weighted by molar-refractivity contribution is 0.346. The van der Waals surface area contributed by atoms with Crippen molar-refractivity contribution >= 4 is 6.92 Å². The molecule has 23 heavy (non-hydrogen) atoms. The van der Waals surface area contributed by atoms with Crippen molar-refractivity contribution in [2.24, 2.45) is 5.41 Å². The molecule has 3 rings (SSSR count). The molecule has 0 spiro atoms. The highest BCUT2D eigenvalue weighted by atomic mass is 16.4. The van der Waals surface area contributed by atoms with Crippen LogP contribution in [0.5, 0.6) is 0 Å². The first-order valence-electron chi connectivity index (χ1n) is 10.1. The fourth-order valence-corrected chi connectivity index (χ4v) is 5.22. The van der Waals surface area contributed by atoms with Crippen molar-refractivity contribution in [2.75, 3.05) is 0 Å². The zero-order valence-electron chi connectivity index (χ0n) is 15.6. The highest BCUT2D eigenvalue weighted by molar-refractivity contribution is 6.55. The molecule has 0 aromatic heterocycles. The van der Waals surface area contributed by atoms with E-state index in [1.54, 1.807) is 0 Å². The van der Waals surface area contributed by atoms with Crippen molar-refractivity contribution in [3.8, 4) is 0 Å². The van der Waals surface area contributed by atoms with Crippen molar-refractivity contribution in [1.29, 1.82) is 0 Å². The molecule has 1 nitrogen and oxygen atoms in total. The second kappa shape index (κ2) is 7.49. The molecule has 2 saturated carbocycles. The van der Waals surface area contributed by atoms with Crippen LogP contribution in [0.2, 0.25) is 11.6 Å². The van der Waals surface area contributed by atoms with Gasteiger partial charge in [-0.2, -0.15) is 0 Å². The molecule has 2 fully saturated rings.